The molecule has 0 aromatic heterocycles. The Morgan fingerprint density at radius 1 is 0.256 bits per heavy atom. The second-order valence-corrected chi connectivity index (χ2v) is 24.1. The number of hydrogen-bond acceptors (Lipinski definition) is 6. The average Bonchev–Trinajstić information content (AvgIpc) is 3.47. The molecule has 0 bridgehead atoms. The third kappa shape index (κ3) is 67.6. The molecule has 0 aliphatic carbocycles. The number of allylic oxidation sites excluding steroid dienone is 12. The molecule has 0 N–H and O–H groups in total. The molecule has 1 atom stereocenters. The van der Waals surface area contributed by atoms with Gasteiger partial charge in [0.1, 0.15) is 13.2 Å². The van der Waals surface area contributed by atoms with Crippen LogP contribution in [-0.2, 0) is 28.6 Å². The Bertz CT molecular complexity index is 1500. The number of carbonyl (C=O) groups excluding carboxylic acids is 3. The number of unbranched alkanes of at least 4 members (excludes halogenated alkanes) is 43. The lowest BCUT2D eigenvalue weighted by Gasteiger charge is -2.18. The lowest BCUT2D eigenvalue weighted by Crippen LogP contribution is -2.30. The van der Waals surface area contributed by atoms with E-state index in [1.165, 1.54) is 238 Å². The van der Waals surface area contributed by atoms with Gasteiger partial charge in [-0.3, -0.25) is 14.4 Å². The maximum atomic E-state index is 12.9. The van der Waals surface area contributed by atoms with E-state index in [4.69, 9.17) is 14.2 Å². The summed E-state index contributed by atoms with van der Waals surface area (Å²) in [6.45, 7) is 6.55. The third-order valence-electron chi connectivity index (χ3n) is 16.0. The van der Waals surface area contributed by atoms with E-state index in [-0.39, 0.29) is 31.1 Å². The zero-order chi connectivity index (χ0) is 59.2. The first-order chi connectivity index (χ1) is 40.5. The highest BCUT2D eigenvalue weighted by molar-refractivity contribution is 5.71. The predicted molar refractivity (Wildman–Crippen MR) is 358 cm³/mol. The second-order valence-electron chi connectivity index (χ2n) is 24.1. The lowest BCUT2D eigenvalue weighted by atomic mass is 10.0. The number of carbonyl (C=O) groups is 3. The highest BCUT2D eigenvalue weighted by Gasteiger charge is 2.19. The molecule has 476 valence electrons. The van der Waals surface area contributed by atoms with Crippen LogP contribution in [0.4, 0.5) is 0 Å². The maximum Gasteiger partial charge on any atom is 0.306 e. The van der Waals surface area contributed by atoms with E-state index in [9.17, 15) is 14.4 Å². The van der Waals surface area contributed by atoms with Crippen molar-refractivity contribution in [1.82, 2.24) is 0 Å². The fourth-order valence-electron chi connectivity index (χ4n) is 10.6. The first-order valence-electron chi connectivity index (χ1n) is 35.9. The molecule has 82 heavy (non-hydrogen) atoms. The van der Waals surface area contributed by atoms with E-state index in [2.05, 4.69) is 93.7 Å². The Balaban J connectivity index is 4.08. The first kappa shape index (κ1) is 78.8. The Labute approximate surface area is 510 Å². The Morgan fingerprint density at radius 3 is 0.744 bits per heavy atom. The Hall–Kier alpha value is -3.15. The van der Waals surface area contributed by atoms with Crippen molar-refractivity contribution < 1.29 is 28.6 Å². The molecule has 0 heterocycles. The van der Waals surface area contributed by atoms with Crippen molar-refractivity contribution in [2.75, 3.05) is 13.2 Å². The van der Waals surface area contributed by atoms with Crippen LogP contribution >= 0.6 is 0 Å². The van der Waals surface area contributed by atoms with Gasteiger partial charge in [-0.15, -0.1) is 0 Å². The van der Waals surface area contributed by atoms with Gasteiger partial charge in [0.15, 0.2) is 6.10 Å². The normalized spacial score (nSPS) is 12.5. The van der Waals surface area contributed by atoms with Crippen LogP contribution in [0.15, 0.2) is 72.9 Å². The first-order valence-corrected chi connectivity index (χ1v) is 35.9. The summed E-state index contributed by atoms with van der Waals surface area (Å²) in [5.74, 6) is -0.854. The fraction of sp³-hybridized carbons (Fsp3) is 0.803. The van der Waals surface area contributed by atoms with Gasteiger partial charge in [0.2, 0.25) is 0 Å². The van der Waals surface area contributed by atoms with Gasteiger partial charge < -0.3 is 14.2 Å². The minimum absolute atomic E-state index is 0.0700. The van der Waals surface area contributed by atoms with Crippen LogP contribution in [0.25, 0.3) is 0 Å². The Kier molecular flexibility index (Phi) is 67.6. The monoisotopic (exact) mass is 1150 g/mol. The minimum atomic E-state index is -0.772. The lowest BCUT2D eigenvalue weighted by molar-refractivity contribution is -0.167. The van der Waals surface area contributed by atoms with E-state index in [1.807, 2.05) is 0 Å². The van der Waals surface area contributed by atoms with Crippen molar-refractivity contribution in [1.29, 1.82) is 0 Å². The van der Waals surface area contributed by atoms with Crippen molar-refractivity contribution in [3.63, 3.8) is 0 Å². The van der Waals surface area contributed by atoms with Crippen molar-refractivity contribution >= 4 is 17.9 Å². The van der Waals surface area contributed by atoms with Gasteiger partial charge in [-0.05, 0) is 70.6 Å². The summed E-state index contributed by atoms with van der Waals surface area (Å²) < 4.78 is 16.9. The molecule has 0 fully saturated rings. The molecule has 0 aromatic carbocycles. The fourth-order valence-corrected chi connectivity index (χ4v) is 10.6. The van der Waals surface area contributed by atoms with Crippen LogP contribution in [0.1, 0.15) is 374 Å². The molecule has 0 amide bonds. The molecular formula is C76H136O6. The number of hydrogen-bond donors (Lipinski definition) is 0. The summed E-state index contributed by atoms with van der Waals surface area (Å²) in [6, 6.07) is 0. The van der Waals surface area contributed by atoms with Gasteiger partial charge in [0.25, 0.3) is 0 Å². The van der Waals surface area contributed by atoms with Crippen LogP contribution in [-0.4, -0.2) is 37.2 Å². The molecule has 1 unspecified atom stereocenters. The van der Waals surface area contributed by atoms with E-state index < -0.39 is 6.10 Å². The topological polar surface area (TPSA) is 78.9 Å². The Morgan fingerprint density at radius 2 is 0.476 bits per heavy atom. The van der Waals surface area contributed by atoms with E-state index in [0.717, 1.165) is 96.3 Å². The summed E-state index contributed by atoms with van der Waals surface area (Å²) in [7, 11) is 0. The standard InChI is InChI=1S/C76H136O6/c1-4-7-10-13-16-19-21-23-25-27-29-31-33-35-36-37-38-39-40-42-43-45-47-49-51-53-55-57-60-63-66-69-75(78)81-72-73(71-80-74(77)68-65-62-59-18-15-12-9-6-3)82-76(79)70-67-64-61-58-56-54-52-50-48-46-44-41-34-32-30-28-26-24-22-20-17-14-11-8-5-2/h7,10,16,19,23,25,29,31,35-36,38-39,73H,4-6,8-9,11-15,17-18,20-22,24,26-28,30,32-34,37,40-72H2,1-3H3/b10-7-,19-16-,25-23-,31-29-,36-35-,39-38-. The molecular weight excluding hydrogens is 1010 g/mol. The third-order valence-corrected chi connectivity index (χ3v) is 16.0. The largest absolute Gasteiger partial charge is 0.462 e. The summed E-state index contributed by atoms with van der Waals surface area (Å²) >= 11 is 0. The maximum absolute atomic E-state index is 12.9. The summed E-state index contributed by atoms with van der Waals surface area (Å²) in [4.78, 5) is 38.3. The smallest absolute Gasteiger partial charge is 0.306 e. The van der Waals surface area contributed by atoms with Gasteiger partial charge >= 0.3 is 17.9 Å². The van der Waals surface area contributed by atoms with E-state index in [0.29, 0.717) is 19.3 Å². The molecule has 0 saturated heterocycles. The molecule has 0 saturated carbocycles. The van der Waals surface area contributed by atoms with Gasteiger partial charge in [0.05, 0.1) is 0 Å². The zero-order valence-electron chi connectivity index (χ0n) is 54.8. The van der Waals surface area contributed by atoms with Crippen LogP contribution in [0, 0.1) is 0 Å². The highest BCUT2D eigenvalue weighted by atomic mass is 16.6. The molecule has 0 aliphatic heterocycles. The number of ether oxygens (including phenoxy) is 3. The van der Waals surface area contributed by atoms with Crippen LogP contribution in [0.2, 0.25) is 0 Å². The number of rotatable bonds is 66. The summed E-state index contributed by atoms with van der Waals surface area (Å²) in [6.07, 6.45) is 92.4. The van der Waals surface area contributed by atoms with Crippen LogP contribution in [0.5, 0.6) is 0 Å². The SMILES string of the molecule is CC/C=C\C/C=C\C/C=C\C/C=C\C/C=C\C/C=C\CCCCCCCCCCCCCCC(=O)OCC(COC(=O)CCCCCCCCCC)OC(=O)CCCCCCCCCCCCCCCCCCCCCCCCCCC. The minimum Gasteiger partial charge on any atom is -0.462 e. The summed E-state index contributed by atoms with van der Waals surface area (Å²) in [5, 5.41) is 0. The average molecular weight is 1150 g/mol. The highest BCUT2D eigenvalue weighted by Crippen LogP contribution is 2.18. The van der Waals surface area contributed by atoms with Gasteiger partial charge in [-0.25, -0.2) is 0 Å². The summed E-state index contributed by atoms with van der Waals surface area (Å²) in [5.41, 5.74) is 0. The van der Waals surface area contributed by atoms with Crippen molar-refractivity contribution in [2.24, 2.45) is 0 Å². The van der Waals surface area contributed by atoms with Gasteiger partial charge in [0, 0.05) is 19.3 Å². The van der Waals surface area contributed by atoms with Crippen molar-refractivity contribution in [2.45, 2.75) is 380 Å². The van der Waals surface area contributed by atoms with Crippen LogP contribution < -0.4 is 0 Å². The predicted octanol–water partition coefficient (Wildman–Crippen LogP) is 24.8. The van der Waals surface area contributed by atoms with E-state index >= 15 is 0 Å². The second kappa shape index (κ2) is 70.3. The zero-order valence-corrected chi connectivity index (χ0v) is 54.8. The van der Waals surface area contributed by atoms with Gasteiger partial charge in [-0.1, -0.05) is 357 Å². The van der Waals surface area contributed by atoms with E-state index in [1.54, 1.807) is 0 Å². The molecule has 0 radical (unpaired) electrons. The molecule has 6 heteroatoms. The van der Waals surface area contributed by atoms with Crippen molar-refractivity contribution in [3.8, 4) is 0 Å². The number of esters is 3. The molecule has 0 rings (SSSR count). The molecule has 0 aromatic rings. The molecule has 0 spiro atoms. The quantitative estimate of drug-likeness (QED) is 0.0261. The van der Waals surface area contributed by atoms with Crippen molar-refractivity contribution in [3.05, 3.63) is 72.9 Å². The van der Waals surface area contributed by atoms with Gasteiger partial charge in [-0.2, -0.15) is 0 Å². The van der Waals surface area contributed by atoms with Crippen LogP contribution in [0.3, 0.4) is 0 Å². The molecule has 6 nitrogen and oxygen atoms in total. The molecule has 0 aliphatic rings.